The average molecular weight is 678 g/mol. The monoisotopic (exact) mass is 677 g/mol. The molecule has 0 N–H and O–H groups in total. The number of fused-ring (bicyclic) bond motifs is 4. The quantitative estimate of drug-likeness (QED) is 0.176. The molecule has 10 aromatic rings. The molecule has 0 bridgehead atoms. The predicted octanol–water partition coefficient (Wildman–Crippen LogP) is 12.9. The lowest BCUT2D eigenvalue weighted by Gasteiger charge is -2.14. The lowest BCUT2D eigenvalue weighted by atomic mass is 9.92. The molecule has 248 valence electrons. The molecule has 4 nitrogen and oxygen atoms in total. The molecule has 53 heavy (non-hydrogen) atoms. The number of rotatable bonds is 6. The Morgan fingerprint density at radius 3 is 1.62 bits per heavy atom. The van der Waals surface area contributed by atoms with Gasteiger partial charge in [0.15, 0.2) is 17.5 Å². The highest BCUT2D eigenvalue weighted by atomic mass is 16.3. The fraction of sp³-hybridized carbons (Fsp3) is 0. The van der Waals surface area contributed by atoms with Gasteiger partial charge in [0, 0.05) is 27.5 Å². The number of hydrogen-bond donors (Lipinski definition) is 0. The van der Waals surface area contributed by atoms with Crippen LogP contribution in [0.15, 0.2) is 192 Å². The molecule has 8 aromatic carbocycles. The maximum Gasteiger partial charge on any atom is 0.164 e. The molecule has 0 saturated heterocycles. The van der Waals surface area contributed by atoms with Crippen LogP contribution in [0.25, 0.3) is 100 Å². The summed E-state index contributed by atoms with van der Waals surface area (Å²) in [6, 6.07) is 65.2. The van der Waals surface area contributed by atoms with Crippen molar-refractivity contribution in [2.75, 3.05) is 0 Å². The first-order valence-electron chi connectivity index (χ1n) is 17.8. The minimum absolute atomic E-state index is 0.585. The number of furan rings is 1. The fourth-order valence-corrected chi connectivity index (χ4v) is 7.32. The van der Waals surface area contributed by atoms with Crippen molar-refractivity contribution in [1.29, 1.82) is 0 Å². The van der Waals surface area contributed by atoms with Gasteiger partial charge in [-0.1, -0.05) is 158 Å². The van der Waals surface area contributed by atoms with Crippen molar-refractivity contribution >= 4 is 32.7 Å². The van der Waals surface area contributed by atoms with E-state index in [9.17, 15) is 0 Å². The highest BCUT2D eigenvalue weighted by Gasteiger charge is 2.20. The van der Waals surface area contributed by atoms with E-state index in [-0.39, 0.29) is 0 Å². The molecule has 0 fully saturated rings. The van der Waals surface area contributed by atoms with Crippen molar-refractivity contribution < 1.29 is 4.42 Å². The van der Waals surface area contributed by atoms with Gasteiger partial charge in [-0.25, -0.2) is 15.0 Å². The zero-order valence-electron chi connectivity index (χ0n) is 28.6. The SMILES string of the molecule is c1ccc(-c2nc(-c3ccc(-c4ccccc4)c(-c4ccccc4)c3)nc(-c3cc(-c4ccc5ccccc5c4)cc4oc5ccccc5c34)n2)cc1. The molecule has 4 heteroatoms. The summed E-state index contributed by atoms with van der Waals surface area (Å²) in [6.07, 6.45) is 0. The van der Waals surface area contributed by atoms with Gasteiger partial charge in [-0.05, 0) is 74.5 Å². The summed E-state index contributed by atoms with van der Waals surface area (Å²) in [5.74, 6) is 1.79. The van der Waals surface area contributed by atoms with Crippen LogP contribution in [-0.4, -0.2) is 15.0 Å². The van der Waals surface area contributed by atoms with Gasteiger partial charge in [0.2, 0.25) is 0 Å². The van der Waals surface area contributed by atoms with Crippen LogP contribution in [0.4, 0.5) is 0 Å². The van der Waals surface area contributed by atoms with E-state index in [0.29, 0.717) is 17.5 Å². The first kappa shape index (κ1) is 30.6. The maximum absolute atomic E-state index is 6.54. The summed E-state index contributed by atoms with van der Waals surface area (Å²) < 4.78 is 6.54. The van der Waals surface area contributed by atoms with Gasteiger partial charge < -0.3 is 4.42 Å². The molecular formula is C49H31N3O. The van der Waals surface area contributed by atoms with E-state index in [1.165, 1.54) is 10.8 Å². The highest BCUT2D eigenvalue weighted by molar-refractivity contribution is 6.13. The Kier molecular flexibility index (Phi) is 7.43. The molecule has 0 aliphatic rings. The van der Waals surface area contributed by atoms with Gasteiger partial charge in [-0.2, -0.15) is 0 Å². The minimum atomic E-state index is 0.585. The summed E-state index contributed by atoms with van der Waals surface area (Å²) >= 11 is 0. The molecule has 0 amide bonds. The van der Waals surface area contributed by atoms with Gasteiger partial charge in [0.05, 0.1) is 0 Å². The Bertz CT molecular complexity index is 2940. The molecule has 2 aromatic heterocycles. The van der Waals surface area contributed by atoms with Crippen molar-refractivity contribution in [3.63, 3.8) is 0 Å². The van der Waals surface area contributed by atoms with Crippen LogP contribution in [0, 0.1) is 0 Å². The van der Waals surface area contributed by atoms with Gasteiger partial charge in [0.1, 0.15) is 11.2 Å². The van der Waals surface area contributed by atoms with E-state index in [4.69, 9.17) is 19.4 Å². The zero-order chi connectivity index (χ0) is 35.1. The van der Waals surface area contributed by atoms with Crippen molar-refractivity contribution in [2.24, 2.45) is 0 Å². The zero-order valence-corrected chi connectivity index (χ0v) is 28.6. The van der Waals surface area contributed by atoms with Gasteiger partial charge in [-0.15, -0.1) is 0 Å². The van der Waals surface area contributed by atoms with Gasteiger partial charge in [0.25, 0.3) is 0 Å². The summed E-state index contributed by atoms with van der Waals surface area (Å²) in [6.45, 7) is 0. The maximum atomic E-state index is 6.54. The molecule has 0 aliphatic carbocycles. The lowest BCUT2D eigenvalue weighted by Crippen LogP contribution is -2.01. The number of aromatic nitrogens is 3. The summed E-state index contributed by atoms with van der Waals surface area (Å²) in [4.78, 5) is 15.6. The summed E-state index contributed by atoms with van der Waals surface area (Å²) in [5.41, 5.74) is 11.0. The third kappa shape index (κ3) is 5.63. The Morgan fingerprint density at radius 1 is 0.302 bits per heavy atom. The molecule has 0 unspecified atom stereocenters. The number of benzene rings is 8. The standard InChI is InChI=1S/C49H31N3O/c1-4-15-33(16-5-1)40-27-26-38(29-42(40)34-17-6-2-7-18-34)48-50-47(35-19-8-3-9-20-35)51-49(52-48)43-30-39(37-25-24-32-14-10-11-21-36(32)28-37)31-45-46(43)41-22-12-13-23-44(41)53-45/h1-31H. The Morgan fingerprint density at radius 2 is 0.868 bits per heavy atom. The van der Waals surface area contributed by atoms with Gasteiger partial charge in [-0.3, -0.25) is 0 Å². The molecule has 0 atom stereocenters. The van der Waals surface area contributed by atoms with Crippen molar-refractivity contribution in [2.45, 2.75) is 0 Å². The first-order valence-corrected chi connectivity index (χ1v) is 17.8. The third-order valence-electron chi connectivity index (χ3n) is 9.92. The molecule has 10 rings (SSSR count). The second kappa shape index (κ2) is 12.9. The Balaban J connectivity index is 1.23. The molecule has 0 radical (unpaired) electrons. The highest BCUT2D eigenvalue weighted by Crippen LogP contribution is 2.41. The van der Waals surface area contributed by atoms with Crippen LogP contribution in [0.3, 0.4) is 0 Å². The third-order valence-corrected chi connectivity index (χ3v) is 9.92. The van der Waals surface area contributed by atoms with Crippen LogP contribution in [0.1, 0.15) is 0 Å². The minimum Gasteiger partial charge on any atom is -0.456 e. The molecule has 0 spiro atoms. The van der Waals surface area contributed by atoms with E-state index in [0.717, 1.165) is 72.0 Å². The van der Waals surface area contributed by atoms with Crippen molar-refractivity contribution in [3.8, 4) is 67.5 Å². The van der Waals surface area contributed by atoms with Crippen LogP contribution >= 0.6 is 0 Å². The predicted molar refractivity (Wildman–Crippen MR) is 217 cm³/mol. The number of hydrogen-bond acceptors (Lipinski definition) is 4. The molecular weight excluding hydrogens is 647 g/mol. The van der Waals surface area contributed by atoms with Crippen molar-refractivity contribution in [1.82, 2.24) is 15.0 Å². The second-order valence-corrected chi connectivity index (χ2v) is 13.2. The molecule has 0 aliphatic heterocycles. The largest absolute Gasteiger partial charge is 0.456 e. The van der Waals surface area contributed by atoms with Crippen LogP contribution in [0.2, 0.25) is 0 Å². The second-order valence-electron chi connectivity index (χ2n) is 13.2. The lowest BCUT2D eigenvalue weighted by molar-refractivity contribution is 0.669. The smallest absolute Gasteiger partial charge is 0.164 e. The van der Waals surface area contributed by atoms with Crippen LogP contribution < -0.4 is 0 Å². The van der Waals surface area contributed by atoms with E-state index in [1.54, 1.807) is 0 Å². The topological polar surface area (TPSA) is 51.8 Å². The normalized spacial score (nSPS) is 11.4. The fourth-order valence-electron chi connectivity index (χ4n) is 7.32. The van der Waals surface area contributed by atoms with E-state index < -0.39 is 0 Å². The first-order chi connectivity index (χ1) is 26.2. The van der Waals surface area contributed by atoms with E-state index in [1.807, 2.05) is 60.7 Å². The Labute approximate surface area is 306 Å². The molecule has 0 saturated carbocycles. The van der Waals surface area contributed by atoms with E-state index >= 15 is 0 Å². The number of nitrogens with zero attached hydrogens (tertiary/aromatic N) is 3. The van der Waals surface area contributed by atoms with E-state index in [2.05, 4.69) is 127 Å². The van der Waals surface area contributed by atoms with Crippen LogP contribution in [0.5, 0.6) is 0 Å². The summed E-state index contributed by atoms with van der Waals surface area (Å²) in [7, 11) is 0. The molecule has 2 heterocycles. The summed E-state index contributed by atoms with van der Waals surface area (Å²) in [5, 5.41) is 4.37. The Hall–Kier alpha value is -7.17. The number of para-hydroxylation sites is 1. The average Bonchev–Trinajstić information content (AvgIpc) is 3.62. The van der Waals surface area contributed by atoms with Crippen LogP contribution in [-0.2, 0) is 0 Å². The van der Waals surface area contributed by atoms with Gasteiger partial charge >= 0.3 is 0 Å². The van der Waals surface area contributed by atoms with Crippen molar-refractivity contribution in [3.05, 3.63) is 188 Å².